The van der Waals surface area contributed by atoms with Gasteiger partial charge in [0.2, 0.25) is 0 Å². The quantitative estimate of drug-likeness (QED) is 0.570. The minimum absolute atomic E-state index is 0.254. The highest BCUT2D eigenvalue weighted by atomic mass is 19.4. The second kappa shape index (κ2) is 4.69. The van der Waals surface area contributed by atoms with Gasteiger partial charge in [0.05, 0.1) is 5.69 Å². The summed E-state index contributed by atoms with van der Waals surface area (Å²) in [6, 6.07) is 0.819. The predicted molar refractivity (Wildman–Crippen MR) is 50.1 cm³/mol. The molecule has 0 radical (unpaired) electrons. The van der Waals surface area contributed by atoms with Gasteiger partial charge in [-0.2, -0.15) is 0 Å². The third-order valence-electron chi connectivity index (χ3n) is 1.88. The summed E-state index contributed by atoms with van der Waals surface area (Å²) in [5.74, 6) is -4.16. The van der Waals surface area contributed by atoms with Crippen LogP contribution in [0.3, 0.4) is 0 Å². The Morgan fingerprint density at radius 2 is 1.94 bits per heavy atom. The van der Waals surface area contributed by atoms with Crippen LogP contribution >= 0.6 is 0 Å². The van der Waals surface area contributed by atoms with Crippen molar-refractivity contribution in [3.8, 4) is 5.75 Å². The third-order valence-corrected chi connectivity index (χ3v) is 1.88. The maximum Gasteiger partial charge on any atom is 0.573 e. The Morgan fingerprint density at radius 3 is 2.39 bits per heavy atom. The summed E-state index contributed by atoms with van der Waals surface area (Å²) in [7, 11) is 0. The van der Waals surface area contributed by atoms with Gasteiger partial charge in [-0.05, 0) is 6.07 Å². The smallest absolute Gasteiger partial charge is 0.479 e. The number of carbonyl (C=O) groups is 1. The molecule has 0 aromatic heterocycles. The molecule has 0 saturated heterocycles. The van der Waals surface area contributed by atoms with Gasteiger partial charge in [-0.15, -0.1) is 13.2 Å². The van der Waals surface area contributed by atoms with E-state index in [0.717, 1.165) is 0 Å². The molecule has 0 spiro atoms. The molecule has 100 valence electrons. The number of hydrogen-bond donors (Lipinski definition) is 3. The van der Waals surface area contributed by atoms with Crippen molar-refractivity contribution in [2.24, 2.45) is 0 Å². The summed E-state index contributed by atoms with van der Waals surface area (Å²) in [6.07, 6.45) is -7.29. The zero-order valence-electron chi connectivity index (χ0n) is 8.53. The van der Waals surface area contributed by atoms with E-state index >= 15 is 0 Å². The van der Waals surface area contributed by atoms with Gasteiger partial charge in [0, 0.05) is 11.6 Å². The van der Waals surface area contributed by atoms with Crippen molar-refractivity contribution in [3.63, 3.8) is 0 Å². The highest BCUT2D eigenvalue weighted by Crippen LogP contribution is 2.32. The SMILES string of the molecule is Nc1cc(C(O)C(=O)O)c(F)cc1OC(F)(F)F. The molecule has 5 nitrogen and oxygen atoms in total. The van der Waals surface area contributed by atoms with Crippen LogP contribution in [0.4, 0.5) is 23.2 Å². The molecule has 1 aromatic carbocycles. The highest BCUT2D eigenvalue weighted by Gasteiger charge is 2.33. The van der Waals surface area contributed by atoms with Crippen molar-refractivity contribution >= 4 is 11.7 Å². The number of nitrogen functional groups attached to an aromatic ring is 1. The van der Waals surface area contributed by atoms with Crippen LogP contribution in [0.5, 0.6) is 5.75 Å². The number of ether oxygens (including phenoxy) is 1. The number of aliphatic carboxylic acids is 1. The van der Waals surface area contributed by atoms with Crippen LogP contribution in [0.15, 0.2) is 12.1 Å². The van der Waals surface area contributed by atoms with Gasteiger partial charge in [0.15, 0.2) is 11.9 Å². The summed E-state index contributed by atoms with van der Waals surface area (Å²) >= 11 is 0. The van der Waals surface area contributed by atoms with E-state index in [9.17, 15) is 22.4 Å². The predicted octanol–water partition coefficient (Wildman–Crippen LogP) is 1.42. The molecule has 0 aliphatic heterocycles. The Labute approximate surface area is 97.4 Å². The molecule has 0 aliphatic rings. The average Bonchev–Trinajstić information content (AvgIpc) is 2.19. The van der Waals surface area contributed by atoms with Crippen LogP contribution in [0.2, 0.25) is 0 Å². The fourth-order valence-electron chi connectivity index (χ4n) is 1.15. The number of halogens is 4. The molecule has 0 saturated carbocycles. The van der Waals surface area contributed by atoms with Crippen LogP contribution < -0.4 is 10.5 Å². The number of aliphatic hydroxyl groups excluding tert-OH is 1. The van der Waals surface area contributed by atoms with E-state index < -0.39 is 41.3 Å². The van der Waals surface area contributed by atoms with E-state index in [1.54, 1.807) is 0 Å². The second-order valence-electron chi connectivity index (χ2n) is 3.20. The Bertz CT molecular complexity index is 474. The molecule has 1 rings (SSSR count). The summed E-state index contributed by atoms with van der Waals surface area (Å²) in [6.45, 7) is 0. The van der Waals surface area contributed by atoms with Crippen LogP contribution in [0.1, 0.15) is 11.7 Å². The average molecular weight is 269 g/mol. The van der Waals surface area contributed by atoms with Crippen LogP contribution in [-0.2, 0) is 4.79 Å². The molecule has 1 aromatic rings. The normalized spacial score (nSPS) is 13.2. The molecule has 1 unspecified atom stereocenters. The number of benzene rings is 1. The lowest BCUT2D eigenvalue weighted by molar-refractivity contribution is -0.274. The molecule has 18 heavy (non-hydrogen) atoms. The highest BCUT2D eigenvalue weighted by molar-refractivity contribution is 5.75. The number of carboxylic acids is 1. The fraction of sp³-hybridized carbons (Fsp3) is 0.222. The van der Waals surface area contributed by atoms with Crippen LogP contribution in [-0.4, -0.2) is 22.5 Å². The van der Waals surface area contributed by atoms with Crippen molar-refractivity contribution in [1.29, 1.82) is 0 Å². The Hall–Kier alpha value is -2.03. The van der Waals surface area contributed by atoms with Crippen LogP contribution in [0.25, 0.3) is 0 Å². The number of rotatable bonds is 3. The zero-order chi connectivity index (χ0) is 14.1. The molecule has 0 aliphatic carbocycles. The van der Waals surface area contributed by atoms with Gasteiger partial charge in [0.1, 0.15) is 5.82 Å². The van der Waals surface area contributed by atoms with Crippen molar-refractivity contribution < 1.29 is 37.3 Å². The first-order valence-electron chi connectivity index (χ1n) is 4.37. The summed E-state index contributed by atoms with van der Waals surface area (Å²) in [4.78, 5) is 10.4. The lowest BCUT2D eigenvalue weighted by atomic mass is 10.1. The molecule has 4 N–H and O–H groups in total. The summed E-state index contributed by atoms with van der Waals surface area (Å²) < 4.78 is 52.4. The molecule has 0 heterocycles. The van der Waals surface area contributed by atoms with E-state index in [1.807, 2.05) is 0 Å². The minimum Gasteiger partial charge on any atom is -0.479 e. The maximum absolute atomic E-state index is 13.3. The monoisotopic (exact) mass is 269 g/mol. The molecule has 0 bridgehead atoms. The van der Waals surface area contributed by atoms with Gasteiger partial charge in [-0.25, -0.2) is 9.18 Å². The number of anilines is 1. The van der Waals surface area contributed by atoms with E-state index in [0.29, 0.717) is 6.07 Å². The molecule has 0 amide bonds. The van der Waals surface area contributed by atoms with Crippen molar-refractivity contribution in [2.75, 3.05) is 5.73 Å². The molecular weight excluding hydrogens is 262 g/mol. The minimum atomic E-state index is -5.06. The number of hydrogen-bond acceptors (Lipinski definition) is 4. The Morgan fingerprint density at radius 1 is 1.39 bits per heavy atom. The number of alkyl halides is 3. The topological polar surface area (TPSA) is 92.8 Å². The van der Waals surface area contributed by atoms with Gasteiger partial charge >= 0.3 is 12.3 Å². The molecule has 0 fully saturated rings. The van der Waals surface area contributed by atoms with E-state index in [1.165, 1.54) is 0 Å². The first kappa shape index (κ1) is 14.0. The van der Waals surface area contributed by atoms with Crippen molar-refractivity contribution in [1.82, 2.24) is 0 Å². The summed E-state index contributed by atoms with van der Waals surface area (Å²) in [5.41, 5.74) is 3.74. The largest absolute Gasteiger partial charge is 0.573 e. The number of aliphatic hydroxyl groups is 1. The third kappa shape index (κ3) is 3.23. The maximum atomic E-state index is 13.3. The van der Waals surface area contributed by atoms with Gasteiger partial charge in [0.25, 0.3) is 0 Å². The van der Waals surface area contributed by atoms with Gasteiger partial charge in [-0.3, -0.25) is 0 Å². The first-order valence-corrected chi connectivity index (χ1v) is 4.37. The van der Waals surface area contributed by atoms with Gasteiger partial charge < -0.3 is 20.7 Å². The fourth-order valence-corrected chi connectivity index (χ4v) is 1.15. The number of carboxylic acid groups (broad SMARTS) is 1. The molecule has 1 atom stereocenters. The van der Waals surface area contributed by atoms with Crippen molar-refractivity contribution in [3.05, 3.63) is 23.5 Å². The summed E-state index contributed by atoms with van der Waals surface area (Å²) in [5, 5.41) is 17.5. The van der Waals surface area contributed by atoms with E-state index in [-0.39, 0.29) is 6.07 Å². The second-order valence-corrected chi connectivity index (χ2v) is 3.20. The lowest BCUT2D eigenvalue weighted by Crippen LogP contribution is -2.19. The Kier molecular flexibility index (Phi) is 3.65. The molecular formula is C9H7F4NO4. The molecule has 9 heteroatoms. The van der Waals surface area contributed by atoms with Crippen LogP contribution in [0, 0.1) is 5.82 Å². The number of nitrogens with two attached hydrogens (primary N) is 1. The standard InChI is InChI=1S/C9H7F4NO4/c10-4-2-6(18-9(11,12)13)5(14)1-3(4)7(15)8(16)17/h1-2,7,15H,14H2,(H,16,17). The van der Waals surface area contributed by atoms with Gasteiger partial charge in [-0.1, -0.05) is 0 Å². The van der Waals surface area contributed by atoms with E-state index in [4.69, 9.17) is 15.9 Å². The van der Waals surface area contributed by atoms with Crippen molar-refractivity contribution in [2.45, 2.75) is 12.5 Å². The Balaban J connectivity index is 3.16. The lowest BCUT2D eigenvalue weighted by Gasteiger charge is -2.14. The zero-order valence-corrected chi connectivity index (χ0v) is 8.53. The van der Waals surface area contributed by atoms with E-state index in [2.05, 4.69) is 4.74 Å². The first-order chi connectivity index (χ1) is 8.11.